The summed E-state index contributed by atoms with van der Waals surface area (Å²) >= 11 is 0. The lowest BCUT2D eigenvalue weighted by Crippen LogP contribution is -2.23. The van der Waals surface area contributed by atoms with Crippen LogP contribution in [-0.2, 0) is 16.6 Å². The number of hydrogen-bond acceptors (Lipinski definition) is 4. The van der Waals surface area contributed by atoms with Crippen LogP contribution in [0.25, 0.3) is 0 Å². The number of nitrogens with one attached hydrogen (secondary N) is 1. The van der Waals surface area contributed by atoms with Gasteiger partial charge in [-0.1, -0.05) is 12.1 Å². The van der Waals surface area contributed by atoms with Crippen molar-refractivity contribution >= 4 is 15.7 Å². The van der Waals surface area contributed by atoms with Gasteiger partial charge in [-0.05, 0) is 42.0 Å². The number of nitrogens with two attached hydrogens (primary N) is 1. The van der Waals surface area contributed by atoms with Crippen LogP contribution in [0.2, 0.25) is 0 Å². The van der Waals surface area contributed by atoms with Crippen molar-refractivity contribution in [1.82, 2.24) is 4.72 Å². The highest BCUT2D eigenvalue weighted by molar-refractivity contribution is 7.89. The molecule has 0 aliphatic heterocycles. The first-order valence-corrected chi connectivity index (χ1v) is 7.09. The molecule has 0 aliphatic carbocycles. The molecule has 0 fully saturated rings. The zero-order chi connectivity index (χ0) is 13.9. The van der Waals surface area contributed by atoms with E-state index < -0.39 is 10.0 Å². The molecule has 0 heterocycles. The molecule has 0 spiro atoms. The lowest BCUT2D eigenvalue weighted by Gasteiger charge is -2.07. The molecular formula is C13H14N2O3S. The Morgan fingerprint density at radius 2 is 1.79 bits per heavy atom. The summed E-state index contributed by atoms with van der Waals surface area (Å²) < 4.78 is 26.4. The molecule has 0 unspecified atom stereocenters. The number of phenols is 1. The smallest absolute Gasteiger partial charge is 0.240 e. The highest BCUT2D eigenvalue weighted by Crippen LogP contribution is 2.14. The zero-order valence-electron chi connectivity index (χ0n) is 10.1. The highest BCUT2D eigenvalue weighted by atomic mass is 32.2. The fraction of sp³-hybridized carbons (Fsp3) is 0.0769. The summed E-state index contributed by atoms with van der Waals surface area (Å²) in [5.41, 5.74) is 6.69. The van der Waals surface area contributed by atoms with Crippen molar-refractivity contribution in [3.63, 3.8) is 0 Å². The molecule has 5 nitrogen and oxygen atoms in total. The molecule has 100 valence electrons. The van der Waals surface area contributed by atoms with Gasteiger partial charge in [-0.25, -0.2) is 13.1 Å². The first-order chi connectivity index (χ1) is 8.97. The first kappa shape index (κ1) is 13.4. The van der Waals surface area contributed by atoms with Crippen LogP contribution in [0.4, 0.5) is 5.69 Å². The van der Waals surface area contributed by atoms with Gasteiger partial charge < -0.3 is 10.8 Å². The SMILES string of the molecule is Nc1ccc(S(=O)(=O)NCc2cccc(O)c2)cc1. The van der Waals surface area contributed by atoms with Gasteiger partial charge in [-0.15, -0.1) is 0 Å². The molecule has 0 radical (unpaired) electrons. The molecule has 2 aromatic carbocycles. The average Bonchev–Trinajstić information content (AvgIpc) is 2.37. The average molecular weight is 278 g/mol. The number of nitrogen functional groups attached to an aromatic ring is 1. The van der Waals surface area contributed by atoms with E-state index in [9.17, 15) is 13.5 Å². The van der Waals surface area contributed by atoms with Gasteiger partial charge in [0, 0.05) is 12.2 Å². The van der Waals surface area contributed by atoms with Crippen molar-refractivity contribution in [1.29, 1.82) is 0 Å². The fourth-order valence-corrected chi connectivity index (χ4v) is 2.59. The molecule has 0 aliphatic rings. The zero-order valence-corrected chi connectivity index (χ0v) is 10.9. The lowest BCUT2D eigenvalue weighted by atomic mass is 10.2. The number of hydrogen-bond donors (Lipinski definition) is 3. The monoisotopic (exact) mass is 278 g/mol. The van der Waals surface area contributed by atoms with E-state index in [4.69, 9.17) is 5.73 Å². The van der Waals surface area contributed by atoms with Crippen LogP contribution in [0.3, 0.4) is 0 Å². The summed E-state index contributed by atoms with van der Waals surface area (Å²) in [5, 5.41) is 9.30. The van der Waals surface area contributed by atoms with Gasteiger partial charge in [0.2, 0.25) is 10.0 Å². The second-order valence-corrected chi connectivity index (χ2v) is 5.83. The third-order valence-corrected chi connectivity index (χ3v) is 3.98. The van der Waals surface area contributed by atoms with Crippen molar-refractivity contribution in [3.05, 3.63) is 54.1 Å². The van der Waals surface area contributed by atoms with Crippen molar-refractivity contribution in [2.45, 2.75) is 11.4 Å². The summed E-state index contributed by atoms with van der Waals surface area (Å²) in [6, 6.07) is 12.4. The van der Waals surface area contributed by atoms with Crippen LogP contribution in [0.5, 0.6) is 5.75 Å². The number of rotatable bonds is 4. The van der Waals surface area contributed by atoms with E-state index >= 15 is 0 Å². The predicted octanol–water partition coefficient (Wildman–Crippen LogP) is 1.45. The largest absolute Gasteiger partial charge is 0.508 e. The molecular weight excluding hydrogens is 264 g/mol. The van der Waals surface area contributed by atoms with Gasteiger partial charge in [-0.3, -0.25) is 0 Å². The Morgan fingerprint density at radius 3 is 2.42 bits per heavy atom. The minimum Gasteiger partial charge on any atom is -0.508 e. The Kier molecular flexibility index (Phi) is 3.73. The van der Waals surface area contributed by atoms with Crippen LogP contribution in [-0.4, -0.2) is 13.5 Å². The van der Waals surface area contributed by atoms with Crippen molar-refractivity contribution in [3.8, 4) is 5.75 Å². The maximum absolute atomic E-state index is 12.0. The highest BCUT2D eigenvalue weighted by Gasteiger charge is 2.13. The Hall–Kier alpha value is -2.05. The van der Waals surface area contributed by atoms with Crippen molar-refractivity contribution in [2.24, 2.45) is 0 Å². The van der Waals surface area contributed by atoms with E-state index in [1.165, 1.54) is 36.4 Å². The van der Waals surface area contributed by atoms with Crippen molar-refractivity contribution in [2.75, 3.05) is 5.73 Å². The normalized spacial score (nSPS) is 11.4. The molecule has 0 atom stereocenters. The summed E-state index contributed by atoms with van der Waals surface area (Å²) in [7, 11) is -3.58. The number of sulfonamides is 1. The van der Waals surface area contributed by atoms with E-state index in [1.807, 2.05) is 0 Å². The summed E-state index contributed by atoms with van der Waals surface area (Å²) in [4.78, 5) is 0.154. The van der Waals surface area contributed by atoms with E-state index in [0.29, 0.717) is 11.3 Å². The summed E-state index contributed by atoms with van der Waals surface area (Å²) in [6.07, 6.45) is 0. The second-order valence-electron chi connectivity index (χ2n) is 4.06. The Bertz CT molecular complexity index is 667. The van der Waals surface area contributed by atoms with E-state index in [-0.39, 0.29) is 17.2 Å². The molecule has 4 N–H and O–H groups in total. The molecule has 0 amide bonds. The van der Waals surface area contributed by atoms with E-state index in [1.54, 1.807) is 12.1 Å². The Morgan fingerprint density at radius 1 is 1.11 bits per heavy atom. The number of anilines is 1. The van der Waals surface area contributed by atoms with Crippen LogP contribution >= 0.6 is 0 Å². The maximum Gasteiger partial charge on any atom is 0.240 e. The summed E-state index contributed by atoms with van der Waals surface area (Å²) in [5.74, 6) is 0.101. The molecule has 0 bridgehead atoms. The predicted molar refractivity (Wildman–Crippen MR) is 73.0 cm³/mol. The maximum atomic E-state index is 12.0. The number of phenolic OH excluding ortho intramolecular Hbond substituents is 1. The van der Waals surface area contributed by atoms with Gasteiger partial charge in [-0.2, -0.15) is 0 Å². The van der Waals surface area contributed by atoms with Crippen LogP contribution < -0.4 is 10.5 Å². The molecule has 0 saturated carbocycles. The van der Waals surface area contributed by atoms with Gasteiger partial charge in [0.15, 0.2) is 0 Å². The molecule has 6 heteroatoms. The third kappa shape index (κ3) is 3.46. The first-order valence-electron chi connectivity index (χ1n) is 5.60. The minimum atomic E-state index is -3.58. The molecule has 2 aromatic rings. The quantitative estimate of drug-likeness (QED) is 0.738. The van der Waals surface area contributed by atoms with Crippen LogP contribution in [0, 0.1) is 0 Å². The fourth-order valence-electron chi connectivity index (χ4n) is 1.58. The minimum absolute atomic E-state index is 0.101. The lowest BCUT2D eigenvalue weighted by molar-refractivity contribution is 0.474. The Balaban J connectivity index is 2.12. The molecule has 2 rings (SSSR count). The van der Waals surface area contributed by atoms with Gasteiger partial charge in [0.1, 0.15) is 5.75 Å². The Labute approximate surface area is 111 Å². The van der Waals surface area contributed by atoms with Gasteiger partial charge in [0.05, 0.1) is 4.90 Å². The molecule has 0 saturated heterocycles. The second kappa shape index (κ2) is 5.29. The third-order valence-electron chi connectivity index (χ3n) is 2.57. The standard InChI is InChI=1S/C13H14N2O3S/c14-11-4-6-13(7-5-11)19(17,18)15-9-10-2-1-3-12(16)8-10/h1-8,15-16H,9,14H2. The number of benzene rings is 2. The van der Waals surface area contributed by atoms with Gasteiger partial charge >= 0.3 is 0 Å². The van der Waals surface area contributed by atoms with E-state index in [0.717, 1.165) is 0 Å². The molecule has 0 aromatic heterocycles. The number of aromatic hydroxyl groups is 1. The summed E-state index contributed by atoms with van der Waals surface area (Å²) in [6.45, 7) is 0.112. The molecule has 19 heavy (non-hydrogen) atoms. The van der Waals surface area contributed by atoms with Crippen LogP contribution in [0.15, 0.2) is 53.4 Å². The van der Waals surface area contributed by atoms with E-state index in [2.05, 4.69) is 4.72 Å². The topological polar surface area (TPSA) is 92.4 Å². The van der Waals surface area contributed by atoms with Crippen molar-refractivity contribution < 1.29 is 13.5 Å². The van der Waals surface area contributed by atoms with Crippen LogP contribution in [0.1, 0.15) is 5.56 Å². The van der Waals surface area contributed by atoms with Gasteiger partial charge in [0.25, 0.3) is 0 Å².